The Balaban J connectivity index is 0. The fourth-order valence-corrected chi connectivity index (χ4v) is 0.342. The molecule has 0 saturated heterocycles. The fourth-order valence-electron chi connectivity index (χ4n) is 0.342. The minimum Gasteiger partial charge on any atom is -0.665 e. The van der Waals surface area contributed by atoms with E-state index in [2.05, 4.69) is 6.07 Å². The molecule has 0 aromatic heterocycles. The van der Waals surface area contributed by atoms with Crippen molar-refractivity contribution in [2.24, 2.45) is 0 Å². The van der Waals surface area contributed by atoms with Gasteiger partial charge in [0.1, 0.15) is 0 Å². The first-order valence-corrected chi connectivity index (χ1v) is 2.34. The van der Waals surface area contributed by atoms with Crippen molar-refractivity contribution in [2.75, 3.05) is 0 Å². The first kappa shape index (κ1) is 12.5. The number of aliphatic hydroxyl groups excluding tert-OH is 1. The van der Waals surface area contributed by atoms with Crippen molar-refractivity contribution in [2.45, 2.75) is 0 Å². The van der Waals surface area contributed by atoms with Crippen molar-refractivity contribution in [1.82, 2.24) is 0 Å². The third kappa shape index (κ3) is 10.7. The van der Waals surface area contributed by atoms with Crippen molar-refractivity contribution in [3.63, 3.8) is 0 Å². The molecule has 3 heteroatoms. The minimum absolute atomic E-state index is 0. The molecule has 51 valence electrons. The Hall–Kier alpha value is -0.206. The van der Waals surface area contributed by atoms with Crippen LogP contribution in [0.4, 0.5) is 0 Å². The van der Waals surface area contributed by atoms with Crippen LogP contribution >= 0.6 is 0 Å². The average molecular weight is 211 g/mol. The smallest absolute Gasteiger partial charge is 0 e. The Morgan fingerprint density at radius 3 is 1.70 bits per heavy atom. The molecule has 1 aromatic rings. The molecule has 0 spiro atoms. The zero-order valence-corrected chi connectivity index (χ0v) is 8.16. The molecule has 1 N–H and O–H groups in total. The van der Waals surface area contributed by atoms with E-state index in [1.807, 2.05) is 30.3 Å². The van der Waals surface area contributed by atoms with Crippen LogP contribution in [-0.4, -0.2) is 11.6 Å². The topological polar surface area (TPSA) is 37.3 Å². The van der Waals surface area contributed by atoms with Crippen LogP contribution in [0.25, 0.3) is 0 Å². The summed E-state index contributed by atoms with van der Waals surface area (Å²) in [6.07, 6.45) is 0. The summed E-state index contributed by atoms with van der Waals surface area (Å²) in [4.78, 5) is 8.24. The number of hydrogen-bond donors (Lipinski definition) is 1. The Bertz CT molecular complexity index is 115. The molecule has 1 aromatic carbocycles. The summed E-state index contributed by atoms with van der Waals surface area (Å²) in [5.74, 6) is 0. The SMILES string of the molecule is O=[C-]O.[Y].[c-]1ccccc1. The van der Waals surface area contributed by atoms with Crippen LogP contribution in [0.5, 0.6) is 0 Å². The van der Waals surface area contributed by atoms with Gasteiger partial charge in [-0.3, -0.25) is 0 Å². The predicted octanol–water partition coefficient (Wildman–Crippen LogP) is 1.10. The van der Waals surface area contributed by atoms with Gasteiger partial charge < -0.3 is 9.90 Å². The van der Waals surface area contributed by atoms with E-state index in [0.29, 0.717) is 6.47 Å². The molecule has 0 unspecified atom stereocenters. The fraction of sp³-hybridized carbons (Fsp3) is 0. The maximum absolute atomic E-state index is 8.24. The average Bonchev–Trinajstić information content (AvgIpc) is 1.93. The van der Waals surface area contributed by atoms with E-state index in [1.165, 1.54) is 0 Å². The van der Waals surface area contributed by atoms with E-state index in [9.17, 15) is 0 Å². The van der Waals surface area contributed by atoms with Crippen LogP contribution in [0, 0.1) is 6.07 Å². The Kier molecular flexibility index (Phi) is 14.4. The molecular formula is C7H6O2Y-2. The van der Waals surface area contributed by atoms with Crippen molar-refractivity contribution in [3.05, 3.63) is 36.4 Å². The summed E-state index contributed by atoms with van der Waals surface area (Å²) in [6, 6.07) is 12.5. The van der Waals surface area contributed by atoms with Crippen LogP contribution in [0.15, 0.2) is 30.3 Å². The first-order chi connectivity index (χ1) is 4.41. The molecule has 0 fully saturated rings. The summed E-state index contributed by atoms with van der Waals surface area (Å²) in [6.45, 7) is 0.500. The zero-order valence-electron chi connectivity index (χ0n) is 5.32. The first-order valence-electron chi connectivity index (χ1n) is 2.34. The largest absolute Gasteiger partial charge is 0.665 e. The third-order valence-corrected chi connectivity index (χ3v) is 0.607. The van der Waals surface area contributed by atoms with Crippen molar-refractivity contribution in [3.8, 4) is 0 Å². The normalized spacial score (nSPS) is 6.00. The molecule has 0 atom stereocenters. The Morgan fingerprint density at radius 2 is 1.60 bits per heavy atom. The number of hydrogen-bond acceptors (Lipinski definition) is 1. The Labute approximate surface area is 85.1 Å². The molecule has 0 heterocycles. The number of benzene rings is 1. The third-order valence-electron chi connectivity index (χ3n) is 0.607. The molecule has 2 nitrogen and oxygen atoms in total. The summed E-state index contributed by atoms with van der Waals surface area (Å²) >= 11 is 0. The van der Waals surface area contributed by atoms with Crippen LogP contribution < -0.4 is 0 Å². The Morgan fingerprint density at radius 1 is 1.20 bits per heavy atom. The van der Waals surface area contributed by atoms with Gasteiger partial charge in [-0.1, -0.05) is 6.47 Å². The second-order valence-corrected chi connectivity index (χ2v) is 1.17. The van der Waals surface area contributed by atoms with E-state index in [1.54, 1.807) is 0 Å². The molecule has 1 rings (SSSR count). The van der Waals surface area contributed by atoms with Gasteiger partial charge in [0.25, 0.3) is 0 Å². The molecule has 0 aliphatic carbocycles. The summed E-state index contributed by atoms with van der Waals surface area (Å²) in [5.41, 5.74) is 0. The van der Waals surface area contributed by atoms with Crippen molar-refractivity contribution >= 4 is 6.47 Å². The summed E-state index contributed by atoms with van der Waals surface area (Å²) in [7, 11) is 0. The molecule has 0 bridgehead atoms. The maximum Gasteiger partial charge on any atom is 0 e. The van der Waals surface area contributed by atoms with Gasteiger partial charge in [-0.2, -0.15) is 36.4 Å². The predicted molar refractivity (Wildman–Crippen MR) is 33.6 cm³/mol. The van der Waals surface area contributed by atoms with E-state index >= 15 is 0 Å². The summed E-state index contributed by atoms with van der Waals surface area (Å²) < 4.78 is 0. The minimum atomic E-state index is 0. The molecule has 10 heavy (non-hydrogen) atoms. The summed E-state index contributed by atoms with van der Waals surface area (Å²) in [5, 5.41) is 6.76. The second kappa shape index (κ2) is 11.6. The van der Waals surface area contributed by atoms with Crippen LogP contribution in [0.2, 0.25) is 0 Å². The zero-order chi connectivity index (χ0) is 6.95. The maximum atomic E-state index is 8.24. The van der Waals surface area contributed by atoms with E-state index in [-0.39, 0.29) is 32.7 Å². The van der Waals surface area contributed by atoms with Gasteiger partial charge in [-0.15, -0.1) is 0 Å². The standard InChI is InChI=1S/C6H5.CHO2.Y/c1-2-4-6-5-3-1;2-1-3;/h1-5H;(H,2,3);/q2*-1;. The molecule has 0 saturated carbocycles. The molecule has 1 radical (unpaired) electrons. The molecule has 0 aliphatic heterocycles. The van der Waals surface area contributed by atoms with Crippen LogP contribution in [0.1, 0.15) is 0 Å². The van der Waals surface area contributed by atoms with Gasteiger partial charge in [-0.25, -0.2) is 0 Å². The van der Waals surface area contributed by atoms with Crippen molar-refractivity contribution < 1.29 is 42.6 Å². The van der Waals surface area contributed by atoms with Crippen LogP contribution in [-0.2, 0) is 37.5 Å². The number of rotatable bonds is 0. The second-order valence-electron chi connectivity index (χ2n) is 1.17. The van der Waals surface area contributed by atoms with Crippen LogP contribution in [0.3, 0.4) is 0 Å². The monoisotopic (exact) mass is 211 g/mol. The molecular weight excluding hydrogens is 205 g/mol. The quantitative estimate of drug-likeness (QED) is 0.652. The van der Waals surface area contributed by atoms with Crippen molar-refractivity contribution in [1.29, 1.82) is 0 Å². The van der Waals surface area contributed by atoms with E-state index < -0.39 is 0 Å². The van der Waals surface area contributed by atoms with Gasteiger partial charge in [0.05, 0.1) is 0 Å². The van der Waals surface area contributed by atoms with Gasteiger partial charge >= 0.3 is 0 Å². The molecule has 0 aliphatic rings. The van der Waals surface area contributed by atoms with Gasteiger partial charge in [0.15, 0.2) is 0 Å². The van der Waals surface area contributed by atoms with E-state index in [0.717, 1.165) is 0 Å². The molecule has 0 amide bonds. The van der Waals surface area contributed by atoms with Gasteiger partial charge in [0.2, 0.25) is 0 Å². The van der Waals surface area contributed by atoms with E-state index in [4.69, 9.17) is 9.90 Å². The van der Waals surface area contributed by atoms with Gasteiger partial charge in [0, 0.05) is 32.7 Å². The van der Waals surface area contributed by atoms with Gasteiger partial charge in [-0.05, 0) is 0 Å².